The highest BCUT2D eigenvalue weighted by Crippen LogP contribution is 2.39. The minimum absolute atomic E-state index is 0.155. The number of unbranched alkanes of at least 4 members (excludes halogenated alkanes) is 1. The molecule has 1 atom stereocenters. The smallest absolute Gasteiger partial charge is 0.423 e. The van der Waals surface area contributed by atoms with Crippen LogP contribution in [0.1, 0.15) is 19.8 Å². The molecule has 0 radical (unpaired) electrons. The van der Waals surface area contributed by atoms with Gasteiger partial charge in [-0.3, -0.25) is 0 Å². The van der Waals surface area contributed by atoms with E-state index in [4.69, 9.17) is 4.74 Å². The average molecular weight is 441 g/mol. The fourth-order valence-corrected chi connectivity index (χ4v) is 3.22. The van der Waals surface area contributed by atoms with E-state index in [0.717, 1.165) is 18.6 Å². The van der Waals surface area contributed by atoms with Gasteiger partial charge in [0.15, 0.2) is 10.1 Å². The van der Waals surface area contributed by atoms with Gasteiger partial charge in [-0.15, -0.1) is 0 Å². The summed E-state index contributed by atoms with van der Waals surface area (Å²) < 4.78 is 128. The maximum atomic E-state index is 13.3. The zero-order valence-corrected chi connectivity index (χ0v) is 15.2. The number of rotatable bonds is 9. The standard InChI is InChI=1S/C13H15F5O7S2/c1-2-3-8-24-9-4-6-10(7-5-9)26(19,20)25-11(12(14,15)16)13(17,18)27(21,22)23/h4-7,11H,2-3,8H2,1H3,(H,21,22,23)/p-1. The average Bonchev–Trinajstić information content (AvgIpc) is 2.51. The molecule has 0 N–H and O–H groups in total. The first-order valence-corrected chi connectivity index (χ1v) is 10.0. The predicted molar refractivity (Wildman–Crippen MR) is 79.6 cm³/mol. The van der Waals surface area contributed by atoms with Gasteiger partial charge in [-0.1, -0.05) is 13.3 Å². The molecule has 27 heavy (non-hydrogen) atoms. The highest BCUT2D eigenvalue weighted by atomic mass is 32.2. The van der Waals surface area contributed by atoms with Crippen LogP contribution < -0.4 is 4.74 Å². The molecule has 1 unspecified atom stereocenters. The molecule has 0 fully saturated rings. The molecule has 0 aliphatic carbocycles. The van der Waals surface area contributed by atoms with E-state index in [9.17, 15) is 43.3 Å². The van der Waals surface area contributed by atoms with Crippen LogP contribution in [-0.2, 0) is 24.4 Å². The van der Waals surface area contributed by atoms with Crippen molar-refractivity contribution in [2.45, 2.75) is 42.2 Å². The molecule has 156 valence electrons. The Morgan fingerprint density at radius 1 is 1.04 bits per heavy atom. The Balaban J connectivity index is 3.15. The fourth-order valence-electron chi connectivity index (χ4n) is 1.65. The summed E-state index contributed by atoms with van der Waals surface area (Å²) in [5.41, 5.74) is 0. The monoisotopic (exact) mass is 441 g/mol. The van der Waals surface area contributed by atoms with Crippen molar-refractivity contribution in [3.63, 3.8) is 0 Å². The van der Waals surface area contributed by atoms with Crippen molar-refractivity contribution in [2.75, 3.05) is 6.61 Å². The number of halogens is 5. The van der Waals surface area contributed by atoms with Crippen LogP contribution in [0.2, 0.25) is 0 Å². The third-order valence-corrected chi connectivity index (χ3v) is 5.21. The van der Waals surface area contributed by atoms with Crippen molar-refractivity contribution in [2.24, 2.45) is 0 Å². The van der Waals surface area contributed by atoms with E-state index in [1.807, 2.05) is 6.92 Å². The highest BCUT2D eigenvalue weighted by Gasteiger charge is 2.63. The molecule has 0 bridgehead atoms. The lowest BCUT2D eigenvalue weighted by Gasteiger charge is -2.29. The first-order valence-electron chi connectivity index (χ1n) is 7.19. The molecule has 0 spiro atoms. The Labute approximate surface area is 152 Å². The summed E-state index contributed by atoms with van der Waals surface area (Å²) in [4.78, 5) is -0.973. The van der Waals surface area contributed by atoms with Crippen LogP contribution in [0, 0.1) is 0 Å². The number of hydrogen-bond acceptors (Lipinski definition) is 7. The van der Waals surface area contributed by atoms with Gasteiger partial charge in [-0.25, -0.2) is 12.6 Å². The molecule has 0 aliphatic heterocycles. The molecule has 0 amide bonds. The Morgan fingerprint density at radius 3 is 1.96 bits per heavy atom. The zero-order chi connectivity index (χ0) is 21.1. The van der Waals surface area contributed by atoms with E-state index in [1.165, 1.54) is 0 Å². The van der Waals surface area contributed by atoms with Crippen molar-refractivity contribution < 1.29 is 52.3 Å². The number of benzene rings is 1. The normalized spacial score (nSPS) is 14.8. The van der Waals surface area contributed by atoms with Crippen LogP contribution in [0.4, 0.5) is 22.0 Å². The molecule has 14 heteroatoms. The second-order valence-electron chi connectivity index (χ2n) is 5.16. The van der Waals surface area contributed by atoms with E-state index in [1.54, 1.807) is 0 Å². The second-order valence-corrected chi connectivity index (χ2v) is 8.19. The van der Waals surface area contributed by atoms with E-state index >= 15 is 0 Å². The van der Waals surface area contributed by atoms with Gasteiger partial charge in [-0.05, 0) is 30.7 Å². The molecule has 1 rings (SSSR count). The Kier molecular flexibility index (Phi) is 7.18. The molecule has 1 aromatic carbocycles. The molecule has 0 heterocycles. The Morgan fingerprint density at radius 2 is 1.56 bits per heavy atom. The zero-order valence-electron chi connectivity index (χ0n) is 13.6. The summed E-state index contributed by atoms with van der Waals surface area (Å²) in [6.07, 6.45) is -9.40. The van der Waals surface area contributed by atoms with Crippen LogP contribution in [0.15, 0.2) is 29.2 Å². The molecular weight excluding hydrogens is 427 g/mol. The first kappa shape index (κ1) is 23.5. The molecule has 0 aliphatic rings. The van der Waals surface area contributed by atoms with Gasteiger partial charge in [0, 0.05) is 0 Å². The highest BCUT2D eigenvalue weighted by molar-refractivity contribution is 7.87. The molecule has 7 nitrogen and oxygen atoms in total. The van der Waals surface area contributed by atoms with Gasteiger partial charge in [0.1, 0.15) is 5.75 Å². The molecule has 0 saturated carbocycles. The lowest BCUT2D eigenvalue weighted by atomic mass is 10.3. The maximum absolute atomic E-state index is 13.3. The van der Waals surface area contributed by atoms with Gasteiger partial charge < -0.3 is 9.29 Å². The van der Waals surface area contributed by atoms with Gasteiger partial charge in [0.2, 0.25) is 6.10 Å². The van der Waals surface area contributed by atoms with Gasteiger partial charge in [0.25, 0.3) is 10.1 Å². The summed E-state index contributed by atoms with van der Waals surface area (Å²) in [5, 5.41) is -6.07. The number of hydrogen-bond donors (Lipinski definition) is 0. The molecular formula is C13H14F5O7S2-. The van der Waals surface area contributed by atoms with Crippen LogP contribution in [-0.4, -0.2) is 45.5 Å². The topological polar surface area (TPSA) is 110 Å². The summed E-state index contributed by atoms with van der Waals surface area (Å²) in [7, 11) is -12.4. The predicted octanol–water partition coefficient (Wildman–Crippen LogP) is 2.64. The SMILES string of the molecule is CCCCOc1ccc(S(=O)(=O)OC(C(F)(F)F)C(F)(F)S(=O)(=O)[O-])cc1. The summed E-state index contributed by atoms with van der Waals surface area (Å²) >= 11 is 0. The van der Waals surface area contributed by atoms with Gasteiger partial charge in [0.05, 0.1) is 11.5 Å². The summed E-state index contributed by atoms with van der Waals surface area (Å²) in [6.45, 7) is 2.16. The summed E-state index contributed by atoms with van der Waals surface area (Å²) in [6, 6.07) is 3.51. The Bertz CT molecular complexity index is 833. The van der Waals surface area contributed by atoms with E-state index in [0.29, 0.717) is 18.6 Å². The van der Waals surface area contributed by atoms with Crippen LogP contribution in [0.25, 0.3) is 0 Å². The van der Waals surface area contributed by atoms with Crippen LogP contribution in [0.3, 0.4) is 0 Å². The van der Waals surface area contributed by atoms with E-state index < -0.39 is 42.7 Å². The van der Waals surface area contributed by atoms with E-state index in [2.05, 4.69) is 4.18 Å². The maximum Gasteiger partial charge on any atom is 0.423 e. The largest absolute Gasteiger partial charge is 0.743 e. The van der Waals surface area contributed by atoms with E-state index in [-0.39, 0.29) is 12.4 Å². The molecule has 0 aromatic heterocycles. The number of ether oxygens (including phenoxy) is 1. The van der Waals surface area contributed by atoms with Crippen molar-refractivity contribution in [1.29, 1.82) is 0 Å². The van der Waals surface area contributed by atoms with Gasteiger partial charge in [-0.2, -0.15) is 30.4 Å². The van der Waals surface area contributed by atoms with Crippen LogP contribution in [0.5, 0.6) is 5.75 Å². The van der Waals surface area contributed by atoms with Crippen molar-refractivity contribution in [3.8, 4) is 5.75 Å². The lowest BCUT2D eigenvalue weighted by molar-refractivity contribution is -0.238. The minimum atomic E-state index is -6.87. The first-order chi connectivity index (χ1) is 12.1. The lowest BCUT2D eigenvalue weighted by Crippen LogP contribution is -2.52. The molecule has 0 saturated heterocycles. The third-order valence-electron chi connectivity index (χ3n) is 3.04. The second kappa shape index (κ2) is 8.24. The Hall–Kier alpha value is -1.51. The van der Waals surface area contributed by atoms with Crippen LogP contribution >= 0.6 is 0 Å². The summed E-state index contributed by atoms with van der Waals surface area (Å²) in [5.74, 6) is 0.155. The van der Waals surface area contributed by atoms with Crippen molar-refractivity contribution in [1.82, 2.24) is 0 Å². The fraction of sp³-hybridized carbons (Fsp3) is 0.538. The number of alkyl halides is 5. The van der Waals surface area contributed by atoms with Gasteiger partial charge >= 0.3 is 11.4 Å². The minimum Gasteiger partial charge on any atom is -0.743 e. The van der Waals surface area contributed by atoms with Crippen molar-refractivity contribution >= 4 is 20.2 Å². The third kappa shape index (κ3) is 5.99. The molecule has 1 aromatic rings. The quantitative estimate of drug-likeness (QED) is 0.251. The van der Waals surface area contributed by atoms with Crippen molar-refractivity contribution in [3.05, 3.63) is 24.3 Å².